The van der Waals surface area contributed by atoms with Gasteiger partial charge in [-0.1, -0.05) is 48.6 Å². The standard InChI is InChI=1S/2C5H6.2H2/c2*1-2-4-5-3-1;;/h2*1-4H,5H2;2*1H. The highest BCUT2D eigenvalue weighted by Crippen LogP contribution is 1.93. The first-order valence-electron chi connectivity index (χ1n) is 3.63. The third kappa shape index (κ3) is 3.08. The van der Waals surface area contributed by atoms with Gasteiger partial charge in [0, 0.05) is 2.85 Å². The van der Waals surface area contributed by atoms with E-state index < -0.39 is 0 Å². The van der Waals surface area contributed by atoms with E-state index in [4.69, 9.17) is 0 Å². The Bertz CT molecular complexity index is 146. The highest BCUT2D eigenvalue weighted by Gasteiger charge is 1.72. The molecule has 0 fully saturated rings. The molecule has 2 aliphatic rings. The largest absolute Gasteiger partial charge is 0.0808 e. The third-order valence-corrected chi connectivity index (χ3v) is 1.31. The van der Waals surface area contributed by atoms with Gasteiger partial charge in [0.2, 0.25) is 0 Å². The maximum atomic E-state index is 2.12. The Morgan fingerprint density at radius 1 is 0.600 bits per heavy atom. The summed E-state index contributed by atoms with van der Waals surface area (Å²) in [6, 6.07) is 0. The van der Waals surface area contributed by atoms with E-state index in [-0.39, 0.29) is 2.85 Å². The second-order valence-corrected chi connectivity index (χ2v) is 2.18. The van der Waals surface area contributed by atoms with Crippen LogP contribution in [0.1, 0.15) is 15.7 Å². The van der Waals surface area contributed by atoms with Gasteiger partial charge in [-0.2, -0.15) is 0 Å². The Morgan fingerprint density at radius 3 is 1.00 bits per heavy atom. The molecule has 0 unspecified atom stereocenters. The van der Waals surface area contributed by atoms with E-state index in [2.05, 4.69) is 48.6 Å². The van der Waals surface area contributed by atoms with Gasteiger partial charge in [0.1, 0.15) is 0 Å². The van der Waals surface area contributed by atoms with Crippen LogP contribution in [0.2, 0.25) is 0 Å². The Labute approximate surface area is 65.2 Å². The van der Waals surface area contributed by atoms with Crippen LogP contribution < -0.4 is 0 Å². The van der Waals surface area contributed by atoms with Gasteiger partial charge in [0.05, 0.1) is 0 Å². The van der Waals surface area contributed by atoms with Gasteiger partial charge in [0.15, 0.2) is 0 Å². The first-order valence-corrected chi connectivity index (χ1v) is 3.63. The van der Waals surface area contributed by atoms with Crippen LogP contribution in [0.15, 0.2) is 48.6 Å². The molecule has 0 bridgehead atoms. The molecule has 0 aromatic heterocycles. The molecule has 0 saturated carbocycles. The summed E-state index contributed by atoms with van der Waals surface area (Å²) in [4.78, 5) is 0. The van der Waals surface area contributed by atoms with Gasteiger partial charge >= 0.3 is 0 Å². The highest BCUT2D eigenvalue weighted by molar-refractivity contribution is 5.12. The van der Waals surface area contributed by atoms with Gasteiger partial charge in [-0.25, -0.2) is 0 Å². The van der Waals surface area contributed by atoms with E-state index in [1.807, 2.05) is 0 Å². The normalized spacial score (nSPS) is 17.6. The van der Waals surface area contributed by atoms with Crippen LogP contribution in [-0.2, 0) is 0 Å². The number of rotatable bonds is 0. The minimum atomic E-state index is 0. The second kappa shape index (κ2) is 4.80. The molecule has 0 radical (unpaired) electrons. The number of hydrogen-bond acceptors (Lipinski definition) is 0. The minimum absolute atomic E-state index is 0. The molecule has 0 aromatic rings. The molecule has 0 aliphatic heterocycles. The lowest BCUT2D eigenvalue weighted by atomic mass is 10.5. The van der Waals surface area contributed by atoms with Crippen LogP contribution in [0.25, 0.3) is 0 Å². The molecule has 0 N–H and O–H groups in total. The average Bonchev–Trinajstić information content (AvgIpc) is 2.67. The van der Waals surface area contributed by atoms with Crippen molar-refractivity contribution in [3.05, 3.63) is 48.6 Å². The maximum absolute atomic E-state index is 2.12. The second-order valence-electron chi connectivity index (χ2n) is 2.18. The first kappa shape index (κ1) is 7.07. The summed E-state index contributed by atoms with van der Waals surface area (Å²) in [5, 5.41) is 0. The van der Waals surface area contributed by atoms with E-state index in [1.165, 1.54) is 0 Å². The van der Waals surface area contributed by atoms with E-state index in [0.29, 0.717) is 0 Å². The molecule has 0 aromatic carbocycles. The van der Waals surface area contributed by atoms with E-state index >= 15 is 0 Å². The summed E-state index contributed by atoms with van der Waals surface area (Å²) < 4.78 is 0. The Morgan fingerprint density at radius 2 is 0.900 bits per heavy atom. The summed E-state index contributed by atoms with van der Waals surface area (Å²) in [6.45, 7) is 0. The third-order valence-electron chi connectivity index (χ3n) is 1.31. The lowest BCUT2D eigenvalue weighted by molar-refractivity contribution is 1.45. The molecule has 0 heterocycles. The quantitative estimate of drug-likeness (QED) is 0.478. The van der Waals surface area contributed by atoms with Crippen LogP contribution in [0.3, 0.4) is 0 Å². The van der Waals surface area contributed by atoms with Crippen molar-refractivity contribution in [3.8, 4) is 0 Å². The zero-order valence-electron chi connectivity index (χ0n) is 6.03. The predicted octanol–water partition coefficient (Wildman–Crippen LogP) is 3.50. The molecule has 2 aliphatic carbocycles. The maximum Gasteiger partial charge on any atom is 0 e. The lowest BCUT2D eigenvalue weighted by Gasteiger charge is -1.57. The summed E-state index contributed by atoms with van der Waals surface area (Å²) in [7, 11) is 0. The van der Waals surface area contributed by atoms with Crippen LogP contribution >= 0.6 is 0 Å². The van der Waals surface area contributed by atoms with Crippen molar-refractivity contribution in [1.82, 2.24) is 0 Å². The van der Waals surface area contributed by atoms with E-state index in [9.17, 15) is 0 Å². The fraction of sp³-hybridized carbons (Fsp3) is 0.200. The van der Waals surface area contributed by atoms with Crippen LogP contribution in [0, 0.1) is 0 Å². The van der Waals surface area contributed by atoms with Crippen molar-refractivity contribution >= 4 is 0 Å². The molecule has 0 heteroatoms. The predicted molar refractivity (Wildman–Crippen MR) is 50.0 cm³/mol. The van der Waals surface area contributed by atoms with E-state index in [0.717, 1.165) is 12.8 Å². The number of hydrogen-bond donors (Lipinski definition) is 0. The molecule has 0 amide bonds. The fourth-order valence-corrected chi connectivity index (χ4v) is 0.786. The zero-order chi connectivity index (χ0) is 7.07. The molecule has 0 spiro atoms. The molecule has 2 rings (SSSR count). The van der Waals surface area contributed by atoms with Crippen LogP contribution in [0.4, 0.5) is 0 Å². The molecule has 0 atom stereocenters. The molecular formula is C10H16. The minimum Gasteiger partial charge on any atom is -0.0808 e. The molecular weight excluding hydrogens is 120 g/mol. The Hall–Kier alpha value is -1.04. The molecule has 0 nitrogen and oxygen atoms in total. The van der Waals surface area contributed by atoms with Gasteiger partial charge in [-0.15, -0.1) is 0 Å². The fourth-order valence-electron chi connectivity index (χ4n) is 0.786. The monoisotopic (exact) mass is 136 g/mol. The van der Waals surface area contributed by atoms with Crippen molar-refractivity contribution in [2.45, 2.75) is 12.8 Å². The van der Waals surface area contributed by atoms with Gasteiger partial charge in [0.25, 0.3) is 0 Å². The van der Waals surface area contributed by atoms with Crippen LogP contribution in [0.5, 0.6) is 0 Å². The zero-order valence-corrected chi connectivity index (χ0v) is 6.03. The van der Waals surface area contributed by atoms with Crippen molar-refractivity contribution in [1.29, 1.82) is 0 Å². The average molecular weight is 136 g/mol. The first-order chi connectivity index (χ1) is 5.00. The molecule has 56 valence electrons. The summed E-state index contributed by atoms with van der Waals surface area (Å²) in [6.07, 6.45) is 19.0. The summed E-state index contributed by atoms with van der Waals surface area (Å²) in [5.41, 5.74) is 0. The van der Waals surface area contributed by atoms with Gasteiger partial charge in [-0.3, -0.25) is 0 Å². The summed E-state index contributed by atoms with van der Waals surface area (Å²) in [5.74, 6) is 0. The van der Waals surface area contributed by atoms with Gasteiger partial charge < -0.3 is 0 Å². The Kier molecular flexibility index (Phi) is 3.40. The highest BCUT2D eigenvalue weighted by atomic mass is 13.8. The van der Waals surface area contributed by atoms with Crippen molar-refractivity contribution in [3.63, 3.8) is 0 Å². The number of allylic oxidation sites excluding steroid dienone is 8. The van der Waals surface area contributed by atoms with Crippen molar-refractivity contribution < 1.29 is 2.85 Å². The SMILES string of the molecule is C1=CCC=C1.C1=CCC=C1.[HH].[HH]. The van der Waals surface area contributed by atoms with Crippen LogP contribution in [-0.4, -0.2) is 0 Å². The molecule has 10 heavy (non-hydrogen) atoms. The van der Waals surface area contributed by atoms with Crippen molar-refractivity contribution in [2.24, 2.45) is 0 Å². The smallest absolute Gasteiger partial charge is 0 e. The van der Waals surface area contributed by atoms with Gasteiger partial charge in [-0.05, 0) is 12.8 Å². The van der Waals surface area contributed by atoms with E-state index in [1.54, 1.807) is 0 Å². The lowest BCUT2D eigenvalue weighted by Crippen LogP contribution is -1.37. The topological polar surface area (TPSA) is 0 Å². The van der Waals surface area contributed by atoms with Crippen molar-refractivity contribution in [2.75, 3.05) is 0 Å². The molecule has 0 saturated heterocycles. The summed E-state index contributed by atoms with van der Waals surface area (Å²) >= 11 is 0. The Balaban J connectivity index is 0.